The van der Waals surface area contributed by atoms with Crippen molar-refractivity contribution in [2.75, 3.05) is 19.6 Å². The molecule has 0 aliphatic carbocycles. The number of hydrogen-bond donors (Lipinski definition) is 1. The zero-order valence-corrected chi connectivity index (χ0v) is 14.6. The highest BCUT2D eigenvalue weighted by Gasteiger charge is 2.29. The number of benzene rings is 1. The van der Waals surface area contributed by atoms with E-state index in [4.69, 9.17) is 0 Å². The number of nitrogens with one attached hydrogen (secondary N) is 1. The molecule has 7 heteroatoms. The number of nitrogens with zero attached hydrogens (tertiary/aromatic N) is 2. The third-order valence-electron chi connectivity index (χ3n) is 3.68. The van der Waals surface area contributed by atoms with Crippen molar-refractivity contribution >= 4 is 34.2 Å². The van der Waals surface area contributed by atoms with Gasteiger partial charge in [-0.15, -0.1) is 12.4 Å². The average Bonchev–Trinajstić information content (AvgIpc) is 2.54. The van der Waals surface area contributed by atoms with Crippen LogP contribution in [0.2, 0.25) is 0 Å². The summed E-state index contributed by atoms with van der Waals surface area (Å²) in [4.78, 5) is 18.7. The van der Waals surface area contributed by atoms with Crippen molar-refractivity contribution in [2.24, 2.45) is 0 Å². The lowest BCUT2D eigenvalue weighted by Crippen LogP contribution is -2.48. The van der Waals surface area contributed by atoms with Gasteiger partial charge in [-0.25, -0.2) is 4.39 Å². The number of carbonyl (C=O) groups excluding carboxylic acids is 1. The Hall–Kier alpha value is -1.50. The van der Waals surface area contributed by atoms with Crippen LogP contribution < -0.4 is 5.32 Å². The van der Waals surface area contributed by atoms with Crippen LogP contribution in [0.4, 0.5) is 4.39 Å². The van der Waals surface area contributed by atoms with Crippen LogP contribution in [0.3, 0.4) is 0 Å². The van der Waals surface area contributed by atoms with Crippen molar-refractivity contribution < 1.29 is 9.18 Å². The Labute approximate surface area is 148 Å². The van der Waals surface area contributed by atoms with Crippen LogP contribution in [0.5, 0.6) is 0 Å². The van der Waals surface area contributed by atoms with Gasteiger partial charge in [0.15, 0.2) is 0 Å². The van der Waals surface area contributed by atoms with Crippen molar-refractivity contribution in [1.82, 2.24) is 15.2 Å². The fourth-order valence-corrected chi connectivity index (χ4v) is 3.13. The van der Waals surface area contributed by atoms with Crippen LogP contribution in [0, 0.1) is 5.82 Å². The molecule has 0 saturated carbocycles. The summed E-state index contributed by atoms with van der Waals surface area (Å²) >= 11 is 3.23. The minimum atomic E-state index is -0.425. The van der Waals surface area contributed by atoms with Crippen LogP contribution in [0.25, 0.3) is 0 Å². The minimum Gasteiger partial charge on any atom is -0.329 e. The molecule has 1 unspecified atom stereocenters. The van der Waals surface area contributed by atoms with Gasteiger partial charge in [-0.3, -0.25) is 9.78 Å². The normalized spacial score (nSPS) is 17.5. The lowest BCUT2D eigenvalue weighted by Gasteiger charge is -2.36. The van der Waals surface area contributed by atoms with E-state index in [-0.39, 0.29) is 24.4 Å². The van der Waals surface area contributed by atoms with Crippen LogP contribution in [0.1, 0.15) is 22.0 Å². The molecule has 1 aliphatic rings. The Morgan fingerprint density at radius 1 is 1.39 bits per heavy atom. The first-order valence-corrected chi connectivity index (χ1v) is 7.82. The first-order valence-electron chi connectivity index (χ1n) is 7.03. The Kier molecular flexibility index (Phi) is 6.10. The monoisotopic (exact) mass is 399 g/mol. The van der Waals surface area contributed by atoms with Crippen LogP contribution >= 0.6 is 28.3 Å². The van der Waals surface area contributed by atoms with Crippen LogP contribution in [-0.4, -0.2) is 35.4 Å². The van der Waals surface area contributed by atoms with Gasteiger partial charge in [0, 0.05) is 42.1 Å². The molecular weight excluding hydrogens is 385 g/mol. The molecule has 2 heterocycles. The highest BCUT2D eigenvalue weighted by atomic mass is 79.9. The molecule has 1 saturated heterocycles. The van der Waals surface area contributed by atoms with Gasteiger partial charge >= 0.3 is 0 Å². The van der Waals surface area contributed by atoms with Gasteiger partial charge in [0.1, 0.15) is 5.82 Å². The van der Waals surface area contributed by atoms with Crippen LogP contribution in [-0.2, 0) is 0 Å². The van der Waals surface area contributed by atoms with Crippen molar-refractivity contribution in [3.8, 4) is 0 Å². The predicted octanol–water partition coefficient (Wildman–Crippen LogP) is 3.19. The molecule has 23 heavy (non-hydrogen) atoms. The Balaban J connectivity index is 0.00000192. The SMILES string of the molecule is Cl.O=C(c1cc(F)cc(Br)c1)N1CCNCC1c1cccnc1. The molecular formula is C16H16BrClFN3O. The van der Waals surface area contributed by atoms with Crippen molar-refractivity contribution in [3.63, 3.8) is 0 Å². The second kappa shape index (κ2) is 7.86. The van der Waals surface area contributed by atoms with Gasteiger partial charge in [0.25, 0.3) is 5.91 Å². The molecule has 1 N–H and O–H groups in total. The van der Waals surface area contributed by atoms with E-state index in [1.54, 1.807) is 23.4 Å². The zero-order valence-electron chi connectivity index (χ0n) is 12.2. The molecule has 0 spiro atoms. The zero-order chi connectivity index (χ0) is 15.5. The number of halogens is 3. The summed E-state index contributed by atoms with van der Waals surface area (Å²) in [6, 6.07) is 7.96. The number of rotatable bonds is 2. The number of hydrogen-bond acceptors (Lipinski definition) is 3. The first-order chi connectivity index (χ1) is 10.6. The highest BCUT2D eigenvalue weighted by molar-refractivity contribution is 9.10. The Morgan fingerprint density at radius 3 is 2.91 bits per heavy atom. The van der Waals surface area contributed by atoms with Gasteiger partial charge in [-0.1, -0.05) is 22.0 Å². The third-order valence-corrected chi connectivity index (χ3v) is 4.14. The van der Waals surface area contributed by atoms with Crippen molar-refractivity contribution in [1.29, 1.82) is 0 Å². The molecule has 2 aromatic rings. The maximum atomic E-state index is 13.6. The quantitative estimate of drug-likeness (QED) is 0.842. The standard InChI is InChI=1S/C16H15BrFN3O.ClH/c17-13-6-12(7-14(18)8-13)16(22)21-5-4-20-10-15(21)11-2-1-3-19-9-11;/h1-3,6-9,15,20H,4-5,10H2;1H. The number of aromatic nitrogens is 1. The van der Waals surface area contributed by atoms with Gasteiger partial charge in [0.05, 0.1) is 6.04 Å². The maximum Gasteiger partial charge on any atom is 0.254 e. The lowest BCUT2D eigenvalue weighted by atomic mass is 10.0. The molecule has 0 bridgehead atoms. The van der Waals surface area contributed by atoms with E-state index in [0.29, 0.717) is 23.1 Å². The minimum absolute atomic E-state index is 0. The molecule has 1 atom stereocenters. The summed E-state index contributed by atoms with van der Waals surface area (Å²) < 4.78 is 14.1. The largest absolute Gasteiger partial charge is 0.329 e. The summed E-state index contributed by atoms with van der Waals surface area (Å²) in [7, 11) is 0. The molecule has 1 aromatic carbocycles. The summed E-state index contributed by atoms with van der Waals surface area (Å²) in [5, 5.41) is 3.29. The summed E-state index contributed by atoms with van der Waals surface area (Å²) in [6.07, 6.45) is 3.47. The van der Waals surface area contributed by atoms with Gasteiger partial charge in [0.2, 0.25) is 0 Å². The smallest absolute Gasteiger partial charge is 0.254 e. The molecule has 122 valence electrons. The van der Waals surface area contributed by atoms with E-state index in [9.17, 15) is 9.18 Å². The molecule has 1 aliphatic heterocycles. The Bertz CT molecular complexity index is 666. The fourth-order valence-electron chi connectivity index (χ4n) is 2.66. The van der Waals surface area contributed by atoms with E-state index in [0.717, 1.165) is 12.1 Å². The molecule has 1 aromatic heterocycles. The van der Waals surface area contributed by atoms with Crippen LogP contribution in [0.15, 0.2) is 47.2 Å². The summed E-state index contributed by atoms with van der Waals surface area (Å²) in [5.74, 6) is -0.596. The molecule has 3 rings (SSSR count). The molecule has 0 radical (unpaired) electrons. The molecule has 4 nitrogen and oxygen atoms in total. The van der Waals surface area contributed by atoms with Gasteiger partial charge < -0.3 is 10.2 Å². The topological polar surface area (TPSA) is 45.2 Å². The second-order valence-electron chi connectivity index (χ2n) is 5.16. The van der Waals surface area contributed by atoms with E-state index >= 15 is 0 Å². The first kappa shape index (κ1) is 17.8. The second-order valence-corrected chi connectivity index (χ2v) is 6.08. The lowest BCUT2D eigenvalue weighted by molar-refractivity contribution is 0.0633. The average molecular weight is 401 g/mol. The summed E-state index contributed by atoms with van der Waals surface area (Å²) in [5.41, 5.74) is 1.32. The fraction of sp³-hybridized carbons (Fsp3) is 0.250. The van der Waals surface area contributed by atoms with E-state index < -0.39 is 5.82 Å². The van der Waals surface area contributed by atoms with Gasteiger partial charge in [-0.05, 0) is 29.8 Å². The number of carbonyl (C=O) groups is 1. The number of pyridine rings is 1. The van der Waals surface area contributed by atoms with E-state index in [2.05, 4.69) is 26.2 Å². The highest BCUT2D eigenvalue weighted by Crippen LogP contribution is 2.25. The molecule has 1 fully saturated rings. The third kappa shape index (κ3) is 4.07. The van der Waals surface area contributed by atoms with Crippen molar-refractivity contribution in [2.45, 2.75) is 6.04 Å². The molecule has 1 amide bonds. The van der Waals surface area contributed by atoms with Crippen molar-refractivity contribution in [3.05, 3.63) is 64.1 Å². The summed E-state index contributed by atoms with van der Waals surface area (Å²) in [6.45, 7) is 1.96. The van der Waals surface area contributed by atoms with E-state index in [1.165, 1.54) is 12.1 Å². The Morgan fingerprint density at radius 2 is 2.22 bits per heavy atom. The predicted molar refractivity (Wildman–Crippen MR) is 92.2 cm³/mol. The number of amides is 1. The maximum absolute atomic E-state index is 13.6. The number of piperazine rings is 1. The van der Waals surface area contributed by atoms with E-state index in [1.807, 2.05) is 12.1 Å². The van der Waals surface area contributed by atoms with Gasteiger partial charge in [-0.2, -0.15) is 0 Å².